The second kappa shape index (κ2) is 11.5. The lowest BCUT2D eigenvalue weighted by Crippen LogP contribution is -2.44. The number of carbonyl (C=O) groups excluding carboxylic acids is 2. The first-order chi connectivity index (χ1) is 11.9. The van der Waals surface area contributed by atoms with Gasteiger partial charge in [-0.3, -0.25) is 14.2 Å². The molecule has 0 heterocycles. The zero-order valence-corrected chi connectivity index (χ0v) is 18.2. The average Bonchev–Trinajstić information content (AvgIpc) is 2.52. The van der Waals surface area contributed by atoms with Crippen molar-refractivity contribution in [2.45, 2.75) is 64.1 Å². The first kappa shape index (κ1) is 25.7. The molecule has 0 bridgehead atoms. The molecule has 154 valence electrons. The molecule has 0 N–H and O–H groups in total. The molecular weight excluding hydrogens is 410 g/mol. The Hall–Kier alpha value is -0.340. The Morgan fingerprint density at radius 1 is 1.08 bits per heavy atom. The van der Waals surface area contributed by atoms with Crippen LogP contribution in [0.5, 0.6) is 0 Å². The molecule has 2 unspecified atom stereocenters. The van der Waals surface area contributed by atoms with Crippen LogP contribution in [0.1, 0.15) is 47.5 Å². The average molecular weight is 437 g/mol. The van der Waals surface area contributed by atoms with Gasteiger partial charge in [0, 0.05) is 10.5 Å². The lowest BCUT2D eigenvalue weighted by molar-refractivity contribution is -0.186. The summed E-state index contributed by atoms with van der Waals surface area (Å²) in [6.07, 6.45) is -4.42. The summed E-state index contributed by atoms with van der Waals surface area (Å²) < 4.78 is 56.8. The molecule has 0 aromatic heterocycles. The van der Waals surface area contributed by atoms with Crippen molar-refractivity contribution < 1.29 is 32.1 Å². The molecule has 0 aromatic carbocycles. The zero-order chi connectivity index (χ0) is 20.5. The van der Waals surface area contributed by atoms with E-state index in [2.05, 4.69) is 4.74 Å². The van der Waals surface area contributed by atoms with Crippen molar-refractivity contribution in [3.8, 4) is 0 Å². The van der Waals surface area contributed by atoms with Gasteiger partial charge in [-0.15, -0.1) is 0 Å². The van der Waals surface area contributed by atoms with Crippen LogP contribution in [0.2, 0.25) is 0 Å². The van der Waals surface area contributed by atoms with Crippen molar-refractivity contribution >= 4 is 40.2 Å². The summed E-state index contributed by atoms with van der Waals surface area (Å²) in [7, 11) is 0. The van der Waals surface area contributed by atoms with E-state index >= 15 is 0 Å². The van der Waals surface area contributed by atoms with E-state index in [9.17, 15) is 27.3 Å². The number of halogens is 3. The van der Waals surface area contributed by atoms with Crippen LogP contribution in [-0.2, 0) is 18.9 Å². The van der Waals surface area contributed by atoms with Crippen LogP contribution in [0.3, 0.4) is 0 Å². The number of nitrogens with zero attached hydrogens (tertiary/aromatic N) is 1. The van der Waals surface area contributed by atoms with Crippen LogP contribution in [0.15, 0.2) is 0 Å². The smallest absolute Gasteiger partial charge is 0.465 e. The van der Waals surface area contributed by atoms with Gasteiger partial charge < -0.3 is 9.64 Å². The summed E-state index contributed by atoms with van der Waals surface area (Å²) >= 11 is 2.19. The monoisotopic (exact) mass is 437 g/mol. The van der Waals surface area contributed by atoms with Crippen molar-refractivity contribution in [2.75, 3.05) is 19.4 Å². The summed E-state index contributed by atoms with van der Waals surface area (Å²) in [6.45, 7) is 8.04. The quantitative estimate of drug-likeness (QED) is 0.329. The van der Waals surface area contributed by atoms with Gasteiger partial charge in [0.15, 0.2) is 0 Å². The molecule has 0 saturated carbocycles. The Kier molecular flexibility index (Phi) is 11.3. The molecule has 0 rings (SSSR count). The maximum Gasteiger partial charge on any atom is 0.471 e. The summed E-state index contributed by atoms with van der Waals surface area (Å²) in [5, 5.41) is -0.106. The Bertz CT molecular complexity index is 504. The van der Waals surface area contributed by atoms with Gasteiger partial charge in [-0.1, -0.05) is 50.5 Å². The van der Waals surface area contributed by atoms with Gasteiger partial charge in [-0.05, 0) is 19.8 Å². The van der Waals surface area contributed by atoms with E-state index < -0.39 is 36.4 Å². The van der Waals surface area contributed by atoms with Gasteiger partial charge in [-0.2, -0.15) is 13.2 Å². The minimum atomic E-state index is -5.15. The van der Waals surface area contributed by atoms with Gasteiger partial charge in [0.25, 0.3) is 0 Å². The third kappa shape index (κ3) is 9.55. The number of rotatable bonds is 11. The van der Waals surface area contributed by atoms with E-state index in [1.807, 2.05) is 27.7 Å². The highest BCUT2D eigenvalue weighted by molar-refractivity contribution is 8.90. The number of amides is 1. The Balaban J connectivity index is 5.60. The number of carbonyl (C=O) groups is 2. The summed E-state index contributed by atoms with van der Waals surface area (Å²) in [5.74, 6) is -3.14. The third-order valence-electron chi connectivity index (χ3n) is 3.33. The van der Waals surface area contributed by atoms with Gasteiger partial charge in [0.2, 0.25) is 5.55 Å². The molecule has 0 aromatic rings. The highest BCUT2D eigenvalue weighted by atomic mass is 33.1. The van der Waals surface area contributed by atoms with Gasteiger partial charge in [0.05, 0.1) is 12.9 Å². The molecule has 0 radical (unpaired) electrons. The maximum atomic E-state index is 13.3. The summed E-state index contributed by atoms with van der Waals surface area (Å²) in [5.41, 5.74) is -3.29. The summed E-state index contributed by atoms with van der Waals surface area (Å²) in [4.78, 5) is 23.7. The maximum absolute atomic E-state index is 13.3. The molecule has 11 heteroatoms. The fourth-order valence-electron chi connectivity index (χ4n) is 1.73. The molecule has 0 fully saturated rings. The molecule has 0 aliphatic rings. The lowest BCUT2D eigenvalue weighted by Gasteiger charge is -2.29. The third-order valence-corrected chi connectivity index (χ3v) is 12.4. The van der Waals surface area contributed by atoms with Gasteiger partial charge in [-0.25, -0.2) is 0 Å². The molecule has 0 saturated heterocycles. The number of hydrogen-bond acceptors (Lipinski definition) is 6. The number of alkyl halides is 3. The molecule has 0 spiro atoms. The van der Waals surface area contributed by atoms with Crippen molar-refractivity contribution in [2.24, 2.45) is 0 Å². The first-order valence-corrected chi connectivity index (χ1v) is 13.2. The van der Waals surface area contributed by atoms with Crippen molar-refractivity contribution in [3.63, 3.8) is 0 Å². The van der Waals surface area contributed by atoms with E-state index in [-0.39, 0.29) is 17.1 Å². The van der Waals surface area contributed by atoms with E-state index in [4.69, 9.17) is 0 Å². The van der Waals surface area contributed by atoms with Crippen LogP contribution in [0, 0.1) is 0 Å². The fourth-order valence-corrected chi connectivity index (χ4v) is 12.6. The molecule has 0 aliphatic carbocycles. The Morgan fingerprint density at radius 2 is 1.54 bits per heavy atom. The van der Waals surface area contributed by atoms with Crippen LogP contribution < -0.4 is 0 Å². The second-order valence-corrected chi connectivity index (χ2v) is 14.7. The molecule has 2 atom stereocenters. The minimum Gasteiger partial charge on any atom is -0.465 e. The fraction of sp³-hybridized carbons (Fsp3) is 0.867. The predicted molar refractivity (Wildman–Crippen MR) is 102 cm³/mol. The zero-order valence-electron chi connectivity index (χ0n) is 15.7. The molecule has 0 aliphatic heterocycles. The van der Waals surface area contributed by atoms with Crippen LogP contribution in [0.4, 0.5) is 13.2 Å². The van der Waals surface area contributed by atoms with Crippen LogP contribution >= 0.6 is 28.3 Å². The topological polar surface area (TPSA) is 63.7 Å². The number of hydrogen-bond donors (Lipinski definition) is 0. The van der Waals surface area contributed by atoms with Crippen LogP contribution in [-0.4, -0.2) is 52.9 Å². The molecule has 26 heavy (non-hydrogen) atoms. The number of ether oxygens (including phenoxy) is 1. The minimum absolute atomic E-state index is 0.0201. The standard InChI is InChI=1S/C15H27F3NO4PS2/c1-6-11(4)25-24(22,26-12(5)7-2)10-19(9-13(20)23-8-3)14(21)15(16,17)18/h11-12H,6-10H2,1-5H3. The van der Waals surface area contributed by atoms with Crippen molar-refractivity contribution in [3.05, 3.63) is 0 Å². The van der Waals surface area contributed by atoms with Crippen LogP contribution in [0.25, 0.3) is 0 Å². The predicted octanol–water partition coefficient (Wildman–Crippen LogP) is 5.15. The second-order valence-electron chi connectivity index (χ2n) is 5.71. The van der Waals surface area contributed by atoms with Crippen molar-refractivity contribution in [1.29, 1.82) is 0 Å². The van der Waals surface area contributed by atoms with Gasteiger partial charge in [0.1, 0.15) is 6.54 Å². The molecule has 1 amide bonds. The SMILES string of the molecule is CCOC(=O)CN(CP(=O)(SC(C)CC)SC(C)CC)C(=O)C(F)(F)F. The number of esters is 1. The van der Waals surface area contributed by atoms with Gasteiger partial charge >= 0.3 is 18.1 Å². The van der Waals surface area contributed by atoms with Crippen molar-refractivity contribution in [1.82, 2.24) is 4.90 Å². The molecule has 5 nitrogen and oxygen atoms in total. The highest BCUT2D eigenvalue weighted by Crippen LogP contribution is 2.72. The van der Waals surface area contributed by atoms with E-state index in [1.54, 1.807) is 0 Å². The first-order valence-electron chi connectivity index (χ1n) is 8.36. The normalized spacial score (nSPS) is 16.5. The lowest BCUT2D eigenvalue weighted by atomic mass is 10.4. The summed E-state index contributed by atoms with van der Waals surface area (Å²) in [6, 6.07) is 0. The largest absolute Gasteiger partial charge is 0.471 e. The van der Waals surface area contributed by atoms with E-state index in [0.29, 0.717) is 17.7 Å². The van der Waals surface area contributed by atoms with E-state index in [0.717, 1.165) is 22.8 Å². The Labute approximate surface area is 161 Å². The highest BCUT2D eigenvalue weighted by Gasteiger charge is 2.45. The Morgan fingerprint density at radius 3 is 1.88 bits per heavy atom. The van der Waals surface area contributed by atoms with E-state index in [1.165, 1.54) is 6.92 Å². The molecular formula is C15H27F3NO4PS2.